The van der Waals surface area contributed by atoms with E-state index in [1.54, 1.807) is 10.6 Å². The van der Waals surface area contributed by atoms with Crippen LogP contribution in [0.2, 0.25) is 0 Å². The van der Waals surface area contributed by atoms with Gasteiger partial charge in [-0.2, -0.15) is 0 Å². The number of nitrogens with zero attached hydrogens (tertiary/aromatic N) is 1. The second-order valence-electron chi connectivity index (χ2n) is 3.63. The molecule has 1 heterocycles. The topological polar surface area (TPSA) is 42.2 Å². The highest BCUT2D eigenvalue weighted by Gasteiger charge is 2.14. The molecule has 88 valence electrons. The molecule has 0 radical (unpaired) electrons. The summed E-state index contributed by atoms with van der Waals surface area (Å²) in [7, 11) is 0. The van der Waals surface area contributed by atoms with Crippen LogP contribution >= 0.6 is 15.9 Å². The zero-order chi connectivity index (χ0) is 12.4. The van der Waals surface area contributed by atoms with E-state index < -0.39 is 5.97 Å². The van der Waals surface area contributed by atoms with Crippen LogP contribution in [0.4, 0.5) is 0 Å². The number of carbonyl (C=O) groups is 1. The van der Waals surface area contributed by atoms with Crippen LogP contribution in [-0.2, 0) is 6.54 Å². The molecule has 2 aromatic rings. The van der Waals surface area contributed by atoms with Gasteiger partial charge in [0.2, 0.25) is 0 Å². The Balaban J connectivity index is 2.61. The number of rotatable bonds is 3. The molecule has 0 aliphatic rings. The number of aromatic nitrogens is 1. The van der Waals surface area contributed by atoms with E-state index in [1.807, 2.05) is 37.3 Å². The van der Waals surface area contributed by atoms with E-state index in [0.29, 0.717) is 12.2 Å². The molecule has 17 heavy (non-hydrogen) atoms. The van der Waals surface area contributed by atoms with Crippen molar-refractivity contribution < 1.29 is 9.90 Å². The third kappa shape index (κ3) is 2.13. The van der Waals surface area contributed by atoms with Gasteiger partial charge in [0.15, 0.2) is 0 Å². The minimum absolute atomic E-state index is 0.318. The summed E-state index contributed by atoms with van der Waals surface area (Å²) >= 11 is 3.48. The van der Waals surface area contributed by atoms with Crippen LogP contribution in [0, 0.1) is 0 Å². The Hall–Kier alpha value is -1.55. The Morgan fingerprint density at radius 1 is 1.29 bits per heavy atom. The lowest BCUT2D eigenvalue weighted by Crippen LogP contribution is -2.08. The highest BCUT2D eigenvalue weighted by atomic mass is 79.9. The fourth-order valence-corrected chi connectivity index (χ4v) is 2.39. The molecule has 0 saturated carbocycles. The standard InChI is InChI=1S/C13H12BrNO2/c1-2-15-11(7-8-12(15)13(16)17)9-5-3-4-6-10(9)14/h3-8H,2H2,1H3,(H,16,17). The van der Waals surface area contributed by atoms with E-state index in [1.165, 1.54) is 0 Å². The third-order valence-electron chi connectivity index (χ3n) is 2.67. The van der Waals surface area contributed by atoms with Crippen molar-refractivity contribution in [3.05, 3.63) is 46.6 Å². The Bertz CT molecular complexity index is 560. The van der Waals surface area contributed by atoms with Crippen LogP contribution in [0.15, 0.2) is 40.9 Å². The summed E-state index contributed by atoms with van der Waals surface area (Å²) < 4.78 is 2.76. The van der Waals surface area contributed by atoms with Crippen LogP contribution in [0.1, 0.15) is 17.4 Å². The fraction of sp³-hybridized carbons (Fsp3) is 0.154. The van der Waals surface area contributed by atoms with Gasteiger partial charge in [0.05, 0.1) is 0 Å². The lowest BCUT2D eigenvalue weighted by Gasteiger charge is -2.10. The number of carboxylic acids is 1. The van der Waals surface area contributed by atoms with Crippen molar-refractivity contribution in [1.82, 2.24) is 4.57 Å². The van der Waals surface area contributed by atoms with E-state index in [-0.39, 0.29) is 0 Å². The first kappa shape index (κ1) is 11.9. The second-order valence-corrected chi connectivity index (χ2v) is 4.49. The predicted molar refractivity (Wildman–Crippen MR) is 70.2 cm³/mol. The summed E-state index contributed by atoms with van der Waals surface area (Å²) in [5, 5.41) is 9.09. The lowest BCUT2D eigenvalue weighted by atomic mass is 10.1. The third-order valence-corrected chi connectivity index (χ3v) is 3.36. The molecule has 0 aliphatic carbocycles. The van der Waals surface area contributed by atoms with Crippen molar-refractivity contribution in [3.8, 4) is 11.3 Å². The van der Waals surface area contributed by atoms with Crippen molar-refractivity contribution in [3.63, 3.8) is 0 Å². The Kier molecular flexibility index (Phi) is 3.33. The molecule has 0 amide bonds. The highest BCUT2D eigenvalue weighted by molar-refractivity contribution is 9.10. The lowest BCUT2D eigenvalue weighted by molar-refractivity contribution is 0.0685. The van der Waals surface area contributed by atoms with Gasteiger partial charge in [0.1, 0.15) is 5.69 Å². The van der Waals surface area contributed by atoms with E-state index in [9.17, 15) is 4.79 Å². The zero-order valence-electron chi connectivity index (χ0n) is 9.35. The molecule has 1 aromatic heterocycles. The maximum atomic E-state index is 11.1. The van der Waals surface area contributed by atoms with Gasteiger partial charge in [-0.15, -0.1) is 0 Å². The molecule has 0 fully saturated rings. The Labute approximate surface area is 108 Å². The number of hydrogen-bond donors (Lipinski definition) is 1. The average Bonchev–Trinajstić information content (AvgIpc) is 2.73. The van der Waals surface area contributed by atoms with Crippen LogP contribution in [0.25, 0.3) is 11.3 Å². The first-order chi connectivity index (χ1) is 8.15. The monoisotopic (exact) mass is 293 g/mol. The minimum atomic E-state index is -0.898. The van der Waals surface area contributed by atoms with Gasteiger partial charge < -0.3 is 9.67 Å². The van der Waals surface area contributed by atoms with Crippen LogP contribution < -0.4 is 0 Å². The molecular formula is C13H12BrNO2. The summed E-state index contributed by atoms with van der Waals surface area (Å²) in [6.45, 7) is 2.57. The van der Waals surface area contributed by atoms with E-state index >= 15 is 0 Å². The molecular weight excluding hydrogens is 282 g/mol. The van der Waals surface area contributed by atoms with Crippen LogP contribution in [0.3, 0.4) is 0 Å². The number of carboxylic acid groups (broad SMARTS) is 1. The van der Waals surface area contributed by atoms with Gasteiger partial charge in [0, 0.05) is 22.3 Å². The average molecular weight is 294 g/mol. The van der Waals surface area contributed by atoms with Gasteiger partial charge in [-0.05, 0) is 25.1 Å². The van der Waals surface area contributed by atoms with Crippen molar-refractivity contribution in [2.75, 3.05) is 0 Å². The fourth-order valence-electron chi connectivity index (χ4n) is 1.90. The summed E-state index contributed by atoms with van der Waals surface area (Å²) in [6, 6.07) is 11.3. The van der Waals surface area contributed by atoms with Crippen molar-refractivity contribution in [1.29, 1.82) is 0 Å². The maximum absolute atomic E-state index is 11.1. The van der Waals surface area contributed by atoms with Gasteiger partial charge in [0.25, 0.3) is 0 Å². The normalized spacial score (nSPS) is 10.5. The van der Waals surface area contributed by atoms with Crippen LogP contribution in [-0.4, -0.2) is 15.6 Å². The molecule has 0 atom stereocenters. The van der Waals surface area contributed by atoms with E-state index in [0.717, 1.165) is 15.7 Å². The number of halogens is 1. The second kappa shape index (κ2) is 4.75. The predicted octanol–water partition coefficient (Wildman–Crippen LogP) is 3.64. The number of aromatic carboxylic acids is 1. The van der Waals surface area contributed by atoms with Crippen molar-refractivity contribution in [2.24, 2.45) is 0 Å². The smallest absolute Gasteiger partial charge is 0.352 e. The van der Waals surface area contributed by atoms with E-state index in [2.05, 4.69) is 15.9 Å². The summed E-state index contributed by atoms with van der Waals surface area (Å²) in [6.07, 6.45) is 0. The van der Waals surface area contributed by atoms with E-state index in [4.69, 9.17) is 5.11 Å². The summed E-state index contributed by atoms with van der Waals surface area (Å²) in [5.41, 5.74) is 2.23. The molecule has 0 unspecified atom stereocenters. The first-order valence-corrected chi connectivity index (χ1v) is 6.12. The molecule has 0 spiro atoms. The molecule has 1 aromatic carbocycles. The molecule has 0 saturated heterocycles. The Morgan fingerprint density at radius 2 is 2.00 bits per heavy atom. The molecule has 3 nitrogen and oxygen atoms in total. The van der Waals surface area contributed by atoms with Crippen LogP contribution in [0.5, 0.6) is 0 Å². The quantitative estimate of drug-likeness (QED) is 0.939. The van der Waals surface area contributed by atoms with Crippen molar-refractivity contribution in [2.45, 2.75) is 13.5 Å². The Morgan fingerprint density at radius 3 is 2.59 bits per heavy atom. The van der Waals surface area contributed by atoms with Gasteiger partial charge in [-0.3, -0.25) is 0 Å². The number of hydrogen-bond acceptors (Lipinski definition) is 1. The number of benzene rings is 1. The minimum Gasteiger partial charge on any atom is -0.477 e. The van der Waals surface area contributed by atoms with Crippen molar-refractivity contribution >= 4 is 21.9 Å². The maximum Gasteiger partial charge on any atom is 0.352 e. The molecule has 2 rings (SSSR count). The molecule has 0 aliphatic heterocycles. The zero-order valence-corrected chi connectivity index (χ0v) is 10.9. The molecule has 0 bridgehead atoms. The van der Waals surface area contributed by atoms with Gasteiger partial charge in [-0.1, -0.05) is 34.1 Å². The molecule has 4 heteroatoms. The first-order valence-electron chi connectivity index (χ1n) is 5.33. The van der Waals surface area contributed by atoms with Gasteiger partial charge >= 0.3 is 5.97 Å². The highest BCUT2D eigenvalue weighted by Crippen LogP contribution is 2.29. The SMILES string of the molecule is CCn1c(C(=O)O)ccc1-c1ccccc1Br. The summed E-state index contributed by atoms with van der Waals surface area (Å²) in [5.74, 6) is -0.898. The molecule has 1 N–H and O–H groups in total. The van der Waals surface area contributed by atoms with Gasteiger partial charge in [-0.25, -0.2) is 4.79 Å². The summed E-state index contributed by atoms with van der Waals surface area (Å²) in [4.78, 5) is 11.1. The largest absolute Gasteiger partial charge is 0.477 e.